The first-order valence-electron chi connectivity index (χ1n) is 3.80. The largest absolute Gasteiger partial charge is 0.466 e. The first kappa shape index (κ1) is 9.55. The van der Waals surface area contributed by atoms with Crippen molar-refractivity contribution in [1.29, 1.82) is 0 Å². The van der Waals surface area contributed by atoms with Gasteiger partial charge in [-0.2, -0.15) is 0 Å². The van der Waals surface area contributed by atoms with Crippen molar-refractivity contribution >= 4 is 15.9 Å². The fourth-order valence-electron chi connectivity index (χ4n) is 1.08. The third kappa shape index (κ3) is 1.99. The van der Waals surface area contributed by atoms with Crippen LogP contribution < -0.4 is 5.32 Å². The Morgan fingerprint density at radius 2 is 2.58 bits per heavy atom. The second-order valence-electron chi connectivity index (χ2n) is 2.50. The van der Waals surface area contributed by atoms with Crippen molar-refractivity contribution in [2.75, 3.05) is 7.05 Å². The van der Waals surface area contributed by atoms with E-state index in [2.05, 4.69) is 27.8 Å². The molecule has 0 aliphatic heterocycles. The van der Waals surface area contributed by atoms with Crippen LogP contribution in [0.4, 0.5) is 0 Å². The molecule has 12 heavy (non-hydrogen) atoms. The van der Waals surface area contributed by atoms with Crippen molar-refractivity contribution in [2.45, 2.75) is 12.5 Å². The van der Waals surface area contributed by atoms with E-state index in [9.17, 15) is 0 Å². The highest BCUT2D eigenvalue weighted by Gasteiger charge is 2.13. The van der Waals surface area contributed by atoms with Crippen molar-refractivity contribution in [3.8, 4) is 0 Å². The molecule has 1 unspecified atom stereocenters. The highest BCUT2D eigenvalue weighted by Crippen LogP contribution is 2.26. The van der Waals surface area contributed by atoms with Crippen LogP contribution in [0.25, 0.3) is 0 Å². The van der Waals surface area contributed by atoms with Gasteiger partial charge in [-0.15, -0.1) is 6.58 Å². The number of rotatable bonds is 4. The van der Waals surface area contributed by atoms with Crippen LogP contribution in [-0.4, -0.2) is 7.05 Å². The number of hydrogen-bond acceptors (Lipinski definition) is 2. The Hall–Kier alpha value is -0.540. The van der Waals surface area contributed by atoms with E-state index in [0.717, 1.165) is 16.7 Å². The van der Waals surface area contributed by atoms with Crippen LogP contribution >= 0.6 is 15.9 Å². The van der Waals surface area contributed by atoms with E-state index < -0.39 is 0 Å². The molecule has 0 saturated heterocycles. The van der Waals surface area contributed by atoms with E-state index in [1.807, 2.05) is 19.2 Å². The Balaban J connectivity index is 2.78. The quantitative estimate of drug-likeness (QED) is 0.804. The molecule has 0 aliphatic rings. The Morgan fingerprint density at radius 3 is 3.00 bits per heavy atom. The number of nitrogens with one attached hydrogen (secondary N) is 1. The average molecular weight is 230 g/mol. The molecule has 0 aromatic carbocycles. The smallest absolute Gasteiger partial charge is 0.135 e. The lowest BCUT2D eigenvalue weighted by Crippen LogP contribution is -2.15. The van der Waals surface area contributed by atoms with E-state index in [4.69, 9.17) is 4.42 Å². The van der Waals surface area contributed by atoms with Gasteiger partial charge in [0, 0.05) is 0 Å². The fraction of sp³-hybridized carbons (Fsp3) is 0.333. The van der Waals surface area contributed by atoms with Crippen molar-refractivity contribution in [3.63, 3.8) is 0 Å². The van der Waals surface area contributed by atoms with Gasteiger partial charge in [-0.25, -0.2) is 0 Å². The van der Waals surface area contributed by atoms with Gasteiger partial charge in [-0.3, -0.25) is 0 Å². The van der Waals surface area contributed by atoms with E-state index in [-0.39, 0.29) is 6.04 Å². The van der Waals surface area contributed by atoms with Crippen molar-refractivity contribution in [3.05, 3.63) is 35.2 Å². The van der Waals surface area contributed by atoms with E-state index in [0.29, 0.717) is 0 Å². The average Bonchev–Trinajstić information content (AvgIpc) is 2.47. The predicted molar refractivity (Wildman–Crippen MR) is 53.0 cm³/mol. The normalized spacial score (nSPS) is 12.8. The van der Waals surface area contributed by atoms with Gasteiger partial charge in [-0.1, -0.05) is 6.08 Å². The lowest BCUT2D eigenvalue weighted by molar-refractivity contribution is 0.431. The summed E-state index contributed by atoms with van der Waals surface area (Å²) in [5.74, 6) is 0.928. The summed E-state index contributed by atoms with van der Waals surface area (Å²) in [5.41, 5.74) is 0. The second-order valence-corrected chi connectivity index (χ2v) is 3.35. The van der Waals surface area contributed by atoms with Gasteiger partial charge in [0.05, 0.1) is 16.8 Å². The summed E-state index contributed by atoms with van der Waals surface area (Å²) in [6.07, 6.45) is 4.41. The number of furan rings is 1. The number of halogens is 1. The molecule has 0 radical (unpaired) electrons. The standard InChI is InChI=1S/C9H12BrNO/c1-3-4-8(11-2)9-7(10)5-6-12-9/h3,5-6,8,11H,1,4H2,2H3. The zero-order valence-electron chi connectivity index (χ0n) is 7.01. The Morgan fingerprint density at radius 1 is 1.83 bits per heavy atom. The van der Waals surface area contributed by atoms with Gasteiger partial charge in [-0.05, 0) is 35.5 Å². The zero-order valence-corrected chi connectivity index (χ0v) is 8.60. The minimum Gasteiger partial charge on any atom is -0.466 e. The second kappa shape index (κ2) is 4.48. The van der Waals surface area contributed by atoms with Gasteiger partial charge < -0.3 is 9.73 Å². The molecular weight excluding hydrogens is 218 g/mol. The summed E-state index contributed by atoms with van der Waals surface area (Å²) in [7, 11) is 1.91. The maximum Gasteiger partial charge on any atom is 0.135 e. The maximum absolute atomic E-state index is 5.31. The molecule has 1 heterocycles. The summed E-state index contributed by atoms with van der Waals surface area (Å²) in [5, 5.41) is 3.15. The monoisotopic (exact) mass is 229 g/mol. The molecule has 1 rings (SSSR count). The van der Waals surface area contributed by atoms with Crippen LogP contribution in [0.1, 0.15) is 18.2 Å². The van der Waals surface area contributed by atoms with E-state index in [1.165, 1.54) is 0 Å². The third-order valence-corrected chi connectivity index (χ3v) is 2.37. The van der Waals surface area contributed by atoms with E-state index in [1.54, 1.807) is 6.26 Å². The Labute approximate surface area is 80.8 Å². The Bertz CT molecular complexity index is 257. The molecule has 1 N–H and O–H groups in total. The Kier molecular flexibility index (Phi) is 3.56. The molecular formula is C9H12BrNO. The minimum atomic E-state index is 0.215. The molecule has 1 aromatic heterocycles. The maximum atomic E-state index is 5.31. The van der Waals surface area contributed by atoms with Crippen molar-refractivity contribution in [2.24, 2.45) is 0 Å². The molecule has 0 fully saturated rings. The summed E-state index contributed by atoms with van der Waals surface area (Å²) in [4.78, 5) is 0. The van der Waals surface area contributed by atoms with Crippen molar-refractivity contribution in [1.82, 2.24) is 5.32 Å². The molecule has 66 valence electrons. The van der Waals surface area contributed by atoms with Gasteiger partial charge in [0.2, 0.25) is 0 Å². The molecule has 0 aliphatic carbocycles. The van der Waals surface area contributed by atoms with Crippen LogP contribution in [-0.2, 0) is 0 Å². The van der Waals surface area contributed by atoms with Crippen LogP contribution in [0, 0.1) is 0 Å². The molecule has 1 aromatic rings. The van der Waals surface area contributed by atoms with E-state index >= 15 is 0 Å². The molecule has 2 nitrogen and oxygen atoms in total. The minimum absolute atomic E-state index is 0.215. The molecule has 0 amide bonds. The molecule has 0 saturated carbocycles. The topological polar surface area (TPSA) is 25.2 Å². The summed E-state index contributed by atoms with van der Waals surface area (Å²) < 4.78 is 6.32. The van der Waals surface area contributed by atoms with Crippen LogP contribution in [0.2, 0.25) is 0 Å². The highest BCUT2D eigenvalue weighted by atomic mass is 79.9. The van der Waals surface area contributed by atoms with Crippen LogP contribution in [0.15, 0.2) is 33.9 Å². The highest BCUT2D eigenvalue weighted by molar-refractivity contribution is 9.10. The SMILES string of the molecule is C=CCC(NC)c1occc1Br. The van der Waals surface area contributed by atoms with Gasteiger partial charge in [0.15, 0.2) is 0 Å². The van der Waals surface area contributed by atoms with Gasteiger partial charge >= 0.3 is 0 Å². The molecule has 0 bridgehead atoms. The third-order valence-electron chi connectivity index (χ3n) is 1.71. The molecule has 3 heteroatoms. The molecule has 1 atom stereocenters. The first-order chi connectivity index (χ1) is 5.79. The summed E-state index contributed by atoms with van der Waals surface area (Å²) >= 11 is 3.41. The summed E-state index contributed by atoms with van der Waals surface area (Å²) in [6.45, 7) is 3.69. The predicted octanol–water partition coefficient (Wildman–Crippen LogP) is 2.88. The summed E-state index contributed by atoms with van der Waals surface area (Å²) in [6, 6.07) is 2.11. The zero-order chi connectivity index (χ0) is 8.97. The van der Waals surface area contributed by atoms with Gasteiger partial charge in [0.1, 0.15) is 5.76 Å². The van der Waals surface area contributed by atoms with Gasteiger partial charge in [0.25, 0.3) is 0 Å². The van der Waals surface area contributed by atoms with Crippen LogP contribution in [0.3, 0.4) is 0 Å². The first-order valence-corrected chi connectivity index (χ1v) is 4.60. The fourth-order valence-corrected chi connectivity index (χ4v) is 1.55. The lowest BCUT2D eigenvalue weighted by atomic mass is 10.1. The lowest BCUT2D eigenvalue weighted by Gasteiger charge is -2.10. The number of hydrogen-bond donors (Lipinski definition) is 1. The van der Waals surface area contributed by atoms with Crippen LogP contribution in [0.5, 0.6) is 0 Å². The van der Waals surface area contributed by atoms with Crippen molar-refractivity contribution < 1.29 is 4.42 Å². The molecule has 0 spiro atoms.